The van der Waals surface area contributed by atoms with Crippen LogP contribution >= 0.6 is 0 Å². The number of Topliss-reactive ketones (excluding diaryl/α,β-unsaturated/α-hetero) is 1. The van der Waals surface area contributed by atoms with Gasteiger partial charge in [-0.3, -0.25) is 4.79 Å². The number of para-hydroxylation sites is 1. The monoisotopic (exact) mass is 242 g/mol. The average Bonchev–Trinajstić information content (AvgIpc) is 2.28. The molecule has 2 nitrogen and oxygen atoms in total. The molecule has 0 amide bonds. The summed E-state index contributed by atoms with van der Waals surface area (Å²) in [6.07, 6.45) is 1.62. The number of hydrogen-bond acceptors (Lipinski definition) is 2. The van der Waals surface area contributed by atoms with Crippen molar-refractivity contribution in [1.82, 2.24) is 0 Å². The Kier molecular flexibility index (Phi) is 5.07. The fourth-order valence-corrected chi connectivity index (χ4v) is 1.70. The van der Waals surface area contributed by atoms with E-state index in [9.17, 15) is 13.6 Å². The van der Waals surface area contributed by atoms with E-state index in [0.717, 1.165) is 12.8 Å². The Hall–Kier alpha value is -1.45. The zero-order valence-electron chi connectivity index (χ0n) is 9.95. The van der Waals surface area contributed by atoms with Crippen LogP contribution in [0.5, 0.6) is 5.75 Å². The maximum Gasteiger partial charge on any atom is 0.387 e. The van der Waals surface area contributed by atoms with E-state index in [0.29, 0.717) is 0 Å². The summed E-state index contributed by atoms with van der Waals surface area (Å²) in [5.41, 5.74) is 0.230. The normalized spacial score (nSPS) is 12.5. The molecule has 94 valence electrons. The predicted molar refractivity (Wildman–Crippen MR) is 61.5 cm³/mol. The van der Waals surface area contributed by atoms with Gasteiger partial charge in [0.1, 0.15) is 5.75 Å². The number of ketones is 1. The number of benzene rings is 1. The second kappa shape index (κ2) is 6.33. The van der Waals surface area contributed by atoms with Crippen molar-refractivity contribution >= 4 is 5.78 Å². The molecule has 17 heavy (non-hydrogen) atoms. The first kappa shape index (κ1) is 13.6. The molecular weight excluding hydrogens is 226 g/mol. The molecule has 0 saturated heterocycles. The van der Waals surface area contributed by atoms with E-state index in [-0.39, 0.29) is 23.0 Å². The number of carbonyl (C=O) groups excluding carboxylic acids is 1. The fraction of sp³-hybridized carbons (Fsp3) is 0.462. The summed E-state index contributed by atoms with van der Waals surface area (Å²) in [7, 11) is 0. The standard InChI is InChI=1S/C13H16F2O2/c1-3-6-9(2)12(16)10-7-4-5-8-11(10)17-13(14)15/h4-5,7-9,13H,3,6H2,1-2H3. The highest BCUT2D eigenvalue weighted by Gasteiger charge is 2.19. The second-order valence-corrected chi connectivity index (χ2v) is 3.93. The highest BCUT2D eigenvalue weighted by molar-refractivity contribution is 6.00. The topological polar surface area (TPSA) is 26.3 Å². The summed E-state index contributed by atoms with van der Waals surface area (Å²) < 4.78 is 28.7. The zero-order valence-corrected chi connectivity index (χ0v) is 9.95. The molecule has 0 saturated carbocycles. The number of rotatable bonds is 6. The summed E-state index contributed by atoms with van der Waals surface area (Å²) in [6.45, 7) is 0.862. The molecular formula is C13H16F2O2. The highest BCUT2D eigenvalue weighted by atomic mass is 19.3. The molecule has 0 aliphatic heterocycles. The molecule has 1 aromatic rings. The molecule has 0 spiro atoms. The number of carbonyl (C=O) groups is 1. The van der Waals surface area contributed by atoms with Crippen molar-refractivity contribution in [2.75, 3.05) is 0 Å². The van der Waals surface area contributed by atoms with Crippen molar-refractivity contribution in [3.8, 4) is 5.75 Å². The molecule has 0 radical (unpaired) electrons. The Morgan fingerprint density at radius 2 is 2.00 bits per heavy atom. The fourth-order valence-electron chi connectivity index (χ4n) is 1.70. The molecule has 0 bridgehead atoms. The van der Waals surface area contributed by atoms with E-state index < -0.39 is 6.61 Å². The molecule has 4 heteroatoms. The SMILES string of the molecule is CCCC(C)C(=O)c1ccccc1OC(F)F. The van der Waals surface area contributed by atoms with E-state index in [1.807, 2.05) is 6.92 Å². The van der Waals surface area contributed by atoms with Gasteiger partial charge in [-0.2, -0.15) is 8.78 Å². The molecule has 0 aliphatic carbocycles. The highest BCUT2D eigenvalue weighted by Crippen LogP contribution is 2.24. The number of ether oxygens (including phenoxy) is 1. The largest absolute Gasteiger partial charge is 0.434 e. The molecule has 1 unspecified atom stereocenters. The van der Waals surface area contributed by atoms with Crippen LogP contribution in [-0.4, -0.2) is 12.4 Å². The van der Waals surface area contributed by atoms with E-state index in [1.165, 1.54) is 12.1 Å². The van der Waals surface area contributed by atoms with Gasteiger partial charge in [0.05, 0.1) is 5.56 Å². The molecule has 1 atom stereocenters. The average molecular weight is 242 g/mol. The first-order valence-corrected chi connectivity index (χ1v) is 5.64. The molecule has 0 aliphatic rings. The summed E-state index contributed by atoms with van der Waals surface area (Å²) >= 11 is 0. The van der Waals surface area contributed by atoms with Crippen LogP contribution in [0.2, 0.25) is 0 Å². The Bertz CT molecular complexity index is 377. The van der Waals surface area contributed by atoms with E-state index in [2.05, 4.69) is 4.74 Å². The van der Waals surface area contributed by atoms with Gasteiger partial charge in [0, 0.05) is 5.92 Å². The van der Waals surface area contributed by atoms with Crippen LogP contribution in [0.1, 0.15) is 37.0 Å². The van der Waals surface area contributed by atoms with Crippen LogP contribution in [-0.2, 0) is 0 Å². The molecule has 1 aromatic carbocycles. The Morgan fingerprint density at radius 1 is 1.35 bits per heavy atom. The summed E-state index contributed by atoms with van der Waals surface area (Å²) in [6, 6.07) is 6.12. The van der Waals surface area contributed by atoms with Crippen molar-refractivity contribution in [1.29, 1.82) is 0 Å². The van der Waals surface area contributed by atoms with Gasteiger partial charge in [0.25, 0.3) is 0 Å². The zero-order chi connectivity index (χ0) is 12.8. The number of halogens is 2. The maximum atomic E-state index is 12.2. The van der Waals surface area contributed by atoms with Crippen LogP contribution in [0.25, 0.3) is 0 Å². The van der Waals surface area contributed by atoms with Gasteiger partial charge in [-0.15, -0.1) is 0 Å². The van der Waals surface area contributed by atoms with Gasteiger partial charge in [-0.05, 0) is 18.6 Å². The minimum Gasteiger partial charge on any atom is -0.434 e. The van der Waals surface area contributed by atoms with Crippen molar-refractivity contribution < 1.29 is 18.3 Å². The van der Waals surface area contributed by atoms with Gasteiger partial charge < -0.3 is 4.74 Å². The van der Waals surface area contributed by atoms with Crippen LogP contribution < -0.4 is 4.74 Å². The van der Waals surface area contributed by atoms with Gasteiger partial charge in [-0.25, -0.2) is 0 Å². The third-order valence-corrected chi connectivity index (χ3v) is 2.54. The molecule has 0 N–H and O–H groups in total. The van der Waals surface area contributed by atoms with E-state index in [4.69, 9.17) is 0 Å². The van der Waals surface area contributed by atoms with Gasteiger partial charge in [-0.1, -0.05) is 32.4 Å². The van der Waals surface area contributed by atoms with Gasteiger partial charge in [0.2, 0.25) is 0 Å². The van der Waals surface area contributed by atoms with Gasteiger partial charge in [0.15, 0.2) is 5.78 Å². The van der Waals surface area contributed by atoms with Crippen molar-refractivity contribution in [3.63, 3.8) is 0 Å². The lowest BCUT2D eigenvalue weighted by Gasteiger charge is -2.13. The Balaban J connectivity index is 2.92. The minimum absolute atomic E-state index is 0.0459. The second-order valence-electron chi connectivity index (χ2n) is 3.93. The van der Waals surface area contributed by atoms with Crippen LogP contribution in [0, 0.1) is 5.92 Å². The molecule has 0 fully saturated rings. The van der Waals surface area contributed by atoms with E-state index >= 15 is 0 Å². The van der Waals surface area contributed by atoms with E-state index in [1.54, 1.807) is 19.1 Å². The van der Waals surface area contributed by atoms with Gasteiger partial charge >= 0.3 is 6.61 Å². The quantitative estimate of drug-likeness (QED) is 0.707. The first-order chi connectivity index (χ1) is 8.06. The Morgan fingerprint density at radius 3 is 2.59 bits per heavy atom. The summed E-state index contributed by atoms with van der Waals surface area (Å²) in [4.78, 5) is 12.0. The number of alkyl halides is 2. The smallest absolute Gasteiger partial charge is 0.387 e. The van der Waals surface area contributed by atoms with Crippen molar-refractivity contribution in [2.24, 2.45) is 5.92 Å². The summed E-state index contributed by atoms with van der Waals surface area (Å²) in [5, 5.41) is 0. The number of hydrogen-bond donors (Lipinski definition) is 0. The minimum atomic E-state index is -2.91. The predicted octanol–water partition coefficient (Wildman–Crippen LogP) is 3.91. The third kappa shape index (κ3) is 3.80. The first-order valence-electron chi connectivity index (χ1n) is 5.64. The van der Waals surface area contributed by atoms with Crippen LogP contribution in [0.4, 0.5) is 8.78 Å². The lowest BCUT2D eigenvalue weighted by molar-refractivity contribution is -0.0501. The lowest BCUT2D eigenvalue weighted by Crippen LogP contribution is -2.14. The molecule has 0 heterocycles. The molecule has 0 aromatic heterocycles. The van der Waals surface area contributed by atoms with Crippen molar-refractivity contribution in [3.05, 3.63) is 29.8 Å². The van der Waals surface area contributed by atoms with Crippen molar-refractivity contribution in [2.45, 2.75) is 33.3 Å². The summed E-state index contributed by atoms with van der Waals surface area (Å²) in [5.74, 6) is -0.374. The van der Waals surface area contributed by atoms with Crippen LogP contribution in [0.15, 0.2) is 24.3 Å². The Labute approximate surface area is 99.6 Å². The molecule has 1 rings (SSSR count). The lowest BCUT2D eigenvalue weighted by atomic mass is 9.95. The van der Waals surface area contributed by atoms with Crippen LogP contribution in [0.3, 0.4) is 0 Å². The third-order valence-electron chi connectivity index (χ3n) is 2.54. The maximum absolute atomic E-state index is 12.2.